The Morgan fingerprint density at radius 2 is 1.71 bits per heavy atom. The highest BCUT2D eigenvalue weighted by molar-refractivity contribution is 6.39. The molecule has 0 aliphatic carbocycles. The van der Waals surface area contributed by atoms with Crippen molar-refractivity contribution in [1.29, 1.82) is 0 Å². The summed E-state index contributed by atoms with van der Waals surface area (Å²) in [6.07, 6.45) is 2.21. The van der Waals surface area contributed by atoms with E-state index in [9.17, 15) is 4.79 Å². The molecule has 3 rings (SSSR count). The van der Waals surface area contributed by atoms with E-state index >= 15 is 0 Å². The molecule has 2 heterocycles. The zero-order chi connectivity index (χ0) is 17.1. The Morgan fingerprint density at radius 1 is 1.12 bits per heavy atom. The molecule has 5 nitrogen and oxygen atoms in total. The van der Waals surface area contributed by atoms with Crippen molar-refractivity contribution < 1.29 is 14.3 Å². The summed E-state index contributed by atoms with van der Waals surface area (Å²) in [5.74, 6) is -0.512. The fraction of sp³-hybridized carbons (Fsp3) is 0.588. The van der Waals surface area contributed by atoms with Gasteiger partial charge in [-0.15, -0.1) is 0 Å². The highest BCUT2D eigenvalue weighted by Gasteiger charge is 2.27. The van der Waals surface area contributed by atoms with Gasteiger partial charge in [-0.05, 0) is 25.0 Å². The van der Waals surface area contributed by atoms with Crippen LogP contribution in [-0.2, 0) is 9.47 Å². The van der Waals surface area contributed by atoms with Gasteiger partial charge in [0.25, 0.3) is 0 Å². The molecule has 0 N–H and O–H groups in total. The Kier molecular flexibility index (Phi) is 5.87. The van der Waals surface area contributed by atoms with Gasteiger partial charge < -0.3 is 14.4 Å². The van der Waals surface area contributed by atoms with Gasteiger partial charge in [-0.1, -0.05) is 23.2 Å². The zero-order valence-corrected chi connectivity index (χ0v) is 15.3. The summed E-state index contributed by atoms with van der Waals surface area (Å²) in [5, 5.41) is 0.666. The molecular weight excluding hydrogens is 351 g/mol. The first-order chi connectivity index (χ1) is 11.6. The van der Waals surface area contributed by atoms with Crippen LogP contribution in [0.5, 0.6) is 0 Å². The van der Waals surface area contributed by atoms with Crippen LogP contribution in [0.1, 0.15) is 23.2 Å². The smallest absolute Gasteiger partial charge is 0.340 e. The molecular formula is C17H22Cl2N2O3. The fourth-order valence-corrected chi connectivity index (χ4v) is 4.10. The van der Waals surface area contributed by atoms with Gasteiger partial charge in [0.2, 0.25) is 0 Å². The number of rotatable bonds is 3. The van der Waals surface area contributed by atoms with Crippen molar-refractivity contribution in [2.24, 2.45) is 0 Å². The minimum atomic E-state index is -0.512. The van der Waals surface area contributed by atoms with Crippen molar-refractivity contribution in [2.45, 2.75) is 18.9 Å². The van der Waals surface area contributed by atoms with Crippen LogP contribution in [0.25, 0.3) is 0 Å². The number of esters is 1. The van der Waals surface area contributed by atoms with Gasteiger partial charge in [0, 0.05) is 37.9 Å². The molecule has 2 aliphatic rings. The number of nitrogens with zero attached hydrogens (tertiary/aromatic N) is 2. The third kappa shape index (κ3) is 3.80. The standard InChI is InChI=1S/C17H22Cl2N2O3/c1-23-17(22)16-14(18)10-13(11-15(16)19)20-4-2-12(3-5-20)21-6-8-24-9-7-21/h10-12H,2-9H2,1H3. The van der Waals surface area contributed by atoms with Crippen LogP contribution in [0, 0.1) is 0 Å². The lowest BCUT2D eigenvalue weighted by Crippen LogP contribution is -2.49. The van der Waals surface area contributed by atoms with E-state index in [0.717, 1.165) is 57.9 Å². The van der Waals surface area contributed by atoms with Gasteiger partial charge in [0.1, 0.15) is 0 Å². The largest absolute Gasteiger partial charge is 0.465 e. The lowest BCUT2D eigenvalue weighted by atomic mass is 10.0. The van der Waals surface area contributed by atoms with Crippen molar-refractivity contribution in [3.8, 4) is 0 Å². The molecule has 0 aromatic heterocycles. The van der Waals surface area contributed by atoms with Crippen LogP contribution in [0.15, 0.2) is 12.1 Å². The summed E-state index contributed by atoms with van der Waals surface area (Å²) >= 11 is 12.5. The highest BCUT2D eigenvalue weighted by Crippen LogP contribution is 2.33. The molecule has 0 radical (unpaired) electrons. The summed E-state index contributed by atoms with van der Waals surface area (Å²) in [6, 6.07) is 4.22. The Bertz CT molecular complexity index is 574. The molecule has 0 unspecified atom stereocenters. The van der Waals surface area contributed by atoms with Gasteiger partial charge in [-0.3, -0.25) is 4.90 Å². The number of carbonyl (C=O) groups is 1. The van der Waals surface area contributed by atoms with Crippen molar-refractivity contribution in [3.05, 3.63) is 27.7 Å². The SMILES string of the molecule is COC(=O)c1c(Cl)cc(N2CCC(N3CCOCC3)CC2)cc1Cl. The van der Waals surface area contributed by atoms with E-state index in [1.54, 1.807) is 12.1 Å². The minimum Gasteiger partial charge on any atom is -0.465 e. The van der Waals surface area contributed by atoms with Crippen LogP contribution in [0.2, 0.25) is 10.0 Å². The molecule has 132 valence electrons. The third-order valence-corrected chi connectivity index (χ3v) is 5.40. The molecule has 2 saturated heterocycles. The highest BCUT2D eigenvalue weighted by atomic mass is 35.5. The number of ether oxygens (including phenoxy) is 2. The van der Waals surface area contributed by atoms with Crippen LogP contribution in [-0.4, -0.2) is 63.4 Å². The van der Waals surface area contributed by atoms with E-state index in [0.29, 0.717) is 16.1 Å². The summed E-state index contributed by atoms with van der Waals surface area (Å²) in [4.78, 5) is 16.5. The number of hydrogen-bond acceptors (Lipinski definition) is 5. The van der Waals surface area contributed by atoms with Crippen molar-refractivity contribution in [3.63, 3.8) is 0 Å². The number of anilines is 1. The fourth-order valence-electron chi connectivity index (χ4n) is 3.47. The maximum Gasteiger partial charge on any atom is 0.340 e. The van der Waals surface area contributed by atoms with E-state index in [4.69, 9.17) is 32.7 Å². The Hall–Kier alpha value is -1.01. The second-order valence-electron chi connectivity index (χ2n) is 6.14. The lowest BCUT2D eigenvalue weighted by Gasteiger charge is -2.41. The molecule has 0 bridgehead atoms. The second-order valence-corrected chi connectivity index (χ2v) is 6.96. The van der Waals surface area contributed by atoms with E-state index < -0.39 is 5.97 Å². The Morgan fingerprint density at radius 3 is 2.25 bits per heavy atom. The number of carbonyl (C=O) groups excluding carboxylic acids is 1. The average Bonchev–Trinajstić information content (AvgIpc) is 2.61. The number of piperidine rings is 1. The predicted molar refractivity (Wildman–Crippen MR) is 95.4 cm³/mol. The molecule has 0 spiro atoms. The lowest BCUT2D eigenvalue weighted by molar-refractivity contribution is 0.0115. The molecule has 0 saturated carbocycles. The van der Waals surface area contributed by atoms with Crippen molar-refractivity contribution in [2.75, 3.05) is 51.4 Å². The van der Waals surface area contributed by atoms with Gasteiger partial charge in [-0.25, -0.2) is 4.79 Å². The number of methoxy groups -OCH3 is 1. The number of morpholine rings is 1. The topological polar surface area (TPSA) is 42.0 Å². The normalized spacial score (nSPS) is 20.2. The number of halogens is 2. The summed E-state index contributed by atoms with van der Waals surface area (Å²) in [6.45, 7) is 5.62. The summed E-state index contributed by atoms with van der Waals surface area (Å²) in [7, 11) is 1.32. The maximum atomic E-state index is 11.7. The van der Waals surface area contributed by atoms with Crippen LogP contribution >= 0.6 is 23.2 Å². The minimum absolute atomic E-state index is 0.229. The summed E-state index contributed by atoms with van der Waals surface area (Å²) in [5.41, 5.74) is 1.19. The van der Waals surface area contributed by atoms with Crippen LogP contribution in [0.3, 0.4) is 0 Å². The van der Waals surface area contributed by atoms with Gasteiger partial charge in [0.15, 0.2) is 0 Å². The molecule has 1 aromatic rings. The van der Waals surface area contributed by atoms with Crippen molar-refractivity contribution in [1.82, 2.24) is 4.90 Å². The Labute approximate surface area is 152 Å². The number of hydrogen-bond donors (Lipinski definition) is 0. The van der Waals surface area contributed by atoms with E-state index in [1.807, 2.05) is 0 Å². The van der Waals surface area contributed by atoms with Gasteiger partial charge >= 0.3 is 5.97 Å². The first-order valence-electron chi connectivity index (χ1n) is 8.24. The van der Waals surface area contributed by atoms with Gasteiger partial charge in [-0.2, -0.15) is 0 Å². The molecule has 24 heavy (non-hydrogen) atoms. The van der Waals surface area contributed by atoms with Crippen molar-refractivity contribution >= 4 is 34.9 Å². The van der Waals surface area contributed by atoms with E-state index in [1.165, 1.54) is 7.11 Å². The molecule has 2 fully saturated rings. The van der Waals surface area contributed by atoms with Crippen LogP contribution < -0.4 is 4.90 Å². The van der Waals surface area contributed by atoms with E-state index in [2.05, 4.69) is 9.80 Å². The zero-order valence-electron chi connectivity index (χ0n) is 13.8. The maximum absolute atomic E-state index is 11.7. The van der Waals surface area contributed by atoms with Gasteiger partial charge in [0.05, 0.1) is 35.9 Å². The third-order valence-electron chi connectivity index (χ3n) is 4.81. The molecule has 2 aliphatic heterocycles. The summed E-state index contributed by atoms with van der Waals surface area (Å²) < 4.78 is 10.2. The first kappa shape index (κ1) is 17.8. The monoisotopic (exact) mass is 372 g/mol. The molecule has 1 aromatic carbocycles. The van der Waals surface area contributed by atoms with E-state index in [-0.39, 0.29) is 5.56 Å². The Balaban J connectivity index is 1.67. The predicted octanol–water partition coefficient (Wildman–Crippen LogP) is 3.08. The number of benzene rings is 1. The van der Waals surface area contributed by atoms with Crippen LogP contribution in [0.4, 0.5) is 5.69 Å². The second kappa shape index (κ2) is 7.91. The molecule has 7 heteroatoms. The molecule has 0 amide bonds. The molecule has 0 atom stereocenters. The average molecular weight is 373 g/mol. The first-order valence-corrected chi connectivity index (χ1v) is 9.00. The quantitative estimate of drug-likeness (QED) is 0.762.